The number of nitrogens with one attached hydrogen (secondary N) is 6. The van der Waals surface area contributed by atoms with Gasteiger partial charge in [0.25, 0.3) is 0 Å². The van der Waals surface area contributed by atoms with Gasteiger partial charge in [-0.25, -0.2) is 0 Å². The number of aliphatic carboxylic acids is 1. The molecule has 0 aliphatic carbocycles. The maximum absolute atomic E-state index is 13.7. The number of carboxylic acids is 1. The topological polar surface area (TPSA) is 236 Å². The van der Waals surface area contributed by atoms with Crippen LogP contribution in [0.2, 0.25) is 0 Å². The standard InChI is InChI=1S/C33H42N8O7/c34-33(35)36-16-15-23(30(46)40-25(18-28(43)44)29(45)37-19-21-9-5-2-6-10-21)39-31(47)26-14-12-22-11-13-24(32(48)41(22)26)38-27(42)17-20-7-3-1-4-8-20/h1-10,22-26H,11-19H2,(H,37,45)(H,38,42)(H,39,47)(H,40,46)(H,43,44)(H4,34,35,36)/t22-,23-,24?,25?,26?/m0/s1. The first kappa shape index (κ1) is 35.4. The van der Waals surface area contributed by atoms with Crippen LogP contribution in [0.1, 0.15) is 49.7 Å². The first-order valence-corrected chi connectivity index (χ1v) is 15.9. The second kappa shape index (κ2) is 16.9. The molecule has 15 heteroatoms. The predicted octanol–water partition coefficient (Wildman–Crippen LogP) is -0.499. The summed E-state index contributed by atoms with van der Waals surface area (Å²) in [6.45, 7) is 0.109. The molecule has 2 aliphatic heterocycles. The number of fused-ring (bicyclic) bond motifs is 1. The third kappa shape index (κ3) is 10.0. The molecular formula is C33H42N8O7. The zero-order valence-electron chi connectivity index (χ0n) is 26.4. The summed E-state index contributed by atoms with van der Waals surface area (Å²) in [5.74, 6) is -4.51. The minimum atomic E-state index is -1.45. The van der Waals surface area contributed by atoms with E-state index in [1.54, 1.807) is 24.3 Å². The molecule has 2 aromatic rings. The van der Waals surface area contributed by atoms with Gasteiger partial charge < -0.3 is 42.3 Å². The Hall–Kier alpha value is -5.47. The molecular weight excluding hydrogens is 620 g/mol. The van der Waals surface area contributed by atoms with E-state index in [-0.39, 0.29) is 49.7 Å². The highest BCUT2D eigenvalue weighted by Gasteiger charge is 2.47. The average Bonchev–Trinajstić information content (AvgIpc) is 3.50. The molecule has 0 saturated carbocycles. The van der Waals surface area contributed by atoms with Gasteiger partial charge in [-0.1, -0.05) is 60.7 Å². The zero-order chi connectivity index (χ0) is 34.6. The van der Waals surface area contributed by atoms with Gasteiger partial charge in [0.05, 0.1) is 12.8 Å². The van der Waals surface area contributed by atoms with E-state index < -0.39 is 54.3 Å². The fraction of sp³-hybridized carbons (Fsp3) is 0.424. The number of benzene rings is 2. The second-order valence-corrected chi connectivity index (χ2v) is 11.9. The predicted molar refractivity (Wildman–Crippen MR) is 174 cm³/mol. The highest BCUT2D eigenvalue weighted by atomic mass is 16.4. The number of hydrogen-bond donors (Lipinski definition) is 8. The van der Waals surface area contributed by atoms with Gasteiger partial charge in [0.15, 0.2) is 5.96 Å². The van der Waals surface area contributed by atoms with Gasteiger partial charge in [-0.2, -0.15) is 0 Å². The highest BCUT2D eigenvalue weighted by molar-refractivity contribution is 5.97. The first-order valence-electron chi connectivity index (χ1n) is 15.9. The molecule has 2 aromatic carbocycles. The number of nitrogens with zero attached hydrogens (tertiary/aromatic N) is 1. The molecule has 0 bridgehead atoms. The number of amides is 5. The maximum atomic E-state index is 13.7. The van der Waals surface area contributed by atoms with Gasteiger partial charge in [-0.3, -0.25) is 34.2 Å². The van der Waals surface area contributed by atoms with Crippen LogP contribution in [0.4, 0.5) is 0 Å². The number of rotatable bonds is 15. The summed E-state index contributed by atoms with van der Waals surface area (Å²) >= 11 is 0. The summed E-state index contributed by atoms with van der Waals surface area (Å²) in [5, 5.41) is 30.0. The molecule has 2 aliphatic rings. The molecule has 3 unspecified atom stereocenters. The van der Waals surface area contributed by atoms with Crippen LogP contribution < -0.4 is 32.3 Å². The van der Waals surface area contributed by atoms with E-state index in [4.69, 9.17) is 11.1 Å². The molecule has 9 N–H and O–H groups in total. The van der Waals surface area contributed by atoms with Gasteiger partial charge in [-0.15, -0.1) is 0 Å². The molecule has 15 nitrogen and oxygen atoms in total. The van der Waals surface area contributed by atoms with Crippen molar-refractivity contribution in [3.05, 3.63) is 71.8 Å². The van der Waals surface area contributed by atoms with Crippen molar-refractivity contribution >= 4 is 41.5 Å². The molecule has 2 heterocycles. The van der Waals surface area contributed by atoms with Crippen LogP contribution in [-0.4, -0.2) is 88.2 Å². The van der Waals surface area contributed by atoms with Crippen LogP contribution >= 0.6 is 0 Å². The number of carbonyl (C=O) groups is 6. The van der Waals surface area contributed by atoms with Gasteiger partial charge >= 0.3 is 5.97 Å². The molecule has 2 fully saturated rings. The van der Waals surface area contributed by atoms with E-state index in [1.807, 2.05) is 36.4 Å². The van der Waals surface area contributed by atoms with Crippen LogP contribution in [0, 0.1) is 5.41 Å². The normalized spacial score (nSPS) is 19.6. The summed E-state index contributed by atoms with van der Waals surface area (Å²) in [5.41, 5.74) is 6.96. The second-order valence-electron chi connectivity index (χ2n) is 11.9. The molecule has 0 aromatic heterocycles. The number of guanidine groups is 1. The van der Waals surface area contributed by atoms with Crippen molar-refractivity contribution in [2.45, 2.75) is 81.7 Å². The van der Waals surface area contributed by atoms with E-state index in [0.717, 1.165) is 11.1 Å². The van der Waals surface area contributed by atoms with Crippen molar-refractivity contribution in [3.8, 4) is 0 Å². The highest BCUT2D eigenvalue weighted by Crippen LogP contribution is 2.33. The molecule has 256 valence electrons. The lowest BCUT2D eigenvalue weighted by Gasteiger charge is -2.38. The van der Waals surface area contributed by atoms with Crippen molar-refractivity contribution in [3.63, 3.8) is 0 Å². The number of hydrogen-bond acceptors (Lipinski definition) is 7. The molecule has 5 amide bonds. The lowest BCUT2D eigenvalue weighted by molar-refractivity contribution is -0.146. The number of piperidine rings is 1. The SMILES string of the molecule is N=C(N)NCC[C@H](NC(=O)C1CC[C@@H]2CCC(NC(=O)Cc3ccccc3)C(=O)N12)C(=O)NC(CC(=O)O)C(=O)NCc1ccccc1. The minimum Gasteiger partial charge on any atom is -0.481 e. The van der Waals surface area contributed by atoms with Crippen molar-refractivity contribution in [1.82, 2.24) is 31.5 Å². The molecule has 48 heavy (non-hydrogen) atoms. The number of carboxylic acid groups (broad SMARTS) is 1. The van der Waals surface area contributed by atoms with Gasteiger partial charge in [0.1, 0.15) is 24.2 Å². The van der Waals surface area contributed by atoms with Crippen LogP contribution in [0.5, 0.6) is 0 Å². The summed E-state index contributed by atoms with van der Waals surface area (Å²) in [6.07, 6.45) is 1.28. The maximum Gasteiger partial charge on any atom is 0.305 e. The minimum absolute atomic E-state index is 0.00293. The van der Waals surface area contributed by atoms with Gasteiger partial charge in [0, 0.05) is 19.1 Å². The number of nitrogens with two attached hydrogens (primary N) is 1. The molecule has 0 radical (unpaired) electrons. The van der Waals surface area contributed by atoms with Crippen LogP contribution in [0.3, 0.4) is 0 Å². The van der Waals surface area contributed by atoms with E-state index in [9.17, 15) is 33.9 Å². The quantitative estimate of drug-likeness (QED) is 0.0905. The van der Waals surface area contributed by atoms with Crippen molar-refractivity contribution < 1.29 is 33.9 Å². The summed E-state index contributed by atoms with van der Waals surface area (Å²) in [6, 6.07) is 13.5. The van der Waals surface area contributed by atoms with Gasteiger partial charge in [-0.05, 0) is 43.2 Å². The van der Waals surface area contributed by atoms with E-state index in [0.29, 0.717) is 25.7 Å². The van der Waals surface area contributed by atoms with Crippen molar-refractivity contribution in [2.24, 2.45) is 5.73 Å². The monoisotopic (exact) mass is 662 g/mol. The lowest BCUT2D eigenvalue weighted by Crippen LogP contribution is -2.61. The molecule has 0 spiro atoms. The fourth-order valence-corrected chi connectivity index (χ4v) is 6.03. The Labute approximate surface area is 277 Å². The fourth-order valence-electron chi connectivity index (χ4n) is 6.03. The van der Waals surface area contributed by atoms with E-state index in [1.165, 1.54) is 4.90 Å². The third-order valence-corrected chi connectivity index (χ3v) is 8.39. The molecule has 2 saturated heterocycles. The Morgan fingerprint density at radius 3 is 2.15 bits per heavy atom. The van der Waals surface area contributed by atoms with Crippen LogP contribution in [0.25, 0.3) is 0 Å². The molecule has 4 rings (SSSR count). The Kier molecular flexibility index (Phi) is 12.5. The zero-order valence-corrected chi connectivity index (χ0v) is 26.4. The van der Waals surface area contributed by atoms with Crippen LogP contribution in [-0.2, 0) is 41.7 Å². The van der Waals surface area contributed by atoms with Crippen LogP contribution in [0.15, 0.2) is 60.7 Å². The summed E-state index contributed by atoms with van der Waals surface area (Å²) in [7, 11) is 0. The largest absolute Gasteiger partial charge is 0.481 e. The van der Waals surface area contributed by atoms with Crippen molar-refractivity contribution in [2.75, 3.05) is 6.54 Å². The Morgan fingerprint density at radius 2 is 1.50 bits per heavy atom. The summed E-state index contributed by atoms with van der Waals surface area (Å²) < 4.78 is 0. The first-order chi connectivity index (χ1) is 23.0. The Bertz CT molecular complexity index is 1490. The van der Waals surface area contributed by atoms with E-state index >= 15 is 0 Å². The smallest absolute Gasteiger partial charge is 0.305 e. The summed E-state index contributed by atoms with van der Waals surface area (Å²) in [4.78, 5) is 79.4. The lowest BCUT2D eigenvalue weighted by atomic mass is 9.97. The Balaban J connectivity index is 1.42. The Morgan fingerprint density at radius 1 is 0.854 bits per heavy atom. The van der Waals surface area contributed by atoms with Gasteiger partial charge in [0.2, 0.25) is 29.5 Å². The van der Waals surface area contributed by atoms with Crippen molar-refractivity contribution in [1.29, 1.82) is 5.41 Å². The van der Waals surface area contributed by atoms with E-state index in [2.05, 4.69) is 26.6 Å². The number of carbonyl (C=O) groups excluding carboxylic acids is 5. The molecule has 5 atom stereocenters. The average molecular weight is 663 g/mol. The third-order valence-electron chi connectivity index (χ3n) is 8.39.